The smallest absolute Gasteiger partial charge is 0.181 e. The number of oxazole rings is 1. The maximum absolute atomic E-state index is 5.28. The predicted octanol–water partition coefficient (Wildman–Crippen LogP) is 4.28. The Labute approximate surface area is 121 Å². The van der Waals surface area contributed by atoms with Gasteiger partial charge in [0.2, 0.25) is 0 Å². The third kappa shape index (κ3) is 2.58. The molecule has 102 valence electrons. The van der Waals surface area contributed by atoms with Gasteiger partial charge in [0.15, 0.2) is 12.2 Å². The van der Waals surface area contributed by atoms with E-state index in [0.717, 1.165) is 22.7 Å². The fraction of sp³-hybridized carbons (Fsp3) is 0.200. The van der Waals surface area contributed by atoms with Gasteiger partial charge in [-0.05, 0) is 38.1 Å². The Morgan fingerprint density at radius 2 is 2.05 bits per heavy atom. The molecule has 0 fully saturated rings. The molecule has 0 aliphatic heterocycles. The number of nitrogens with one attached hydrogen (secondary N) is 1. The number of nitrogens with zero attached hydrogens (tertiary/aromatic N) is 2. The van der Waals surface area contributed by atoms with Crippen LogP contribution >= 0.6 is 11.3 Å². The van der Waals surface area contributed by atoms with E-state index < -0.39 is 0 Å². The van der Waals surface area contributed by atoms with Crippen LogP contribution in [0.25, 0.3) is 11.3 Å². The van der Waals surface area contributed by atoms with Gasteiger partial charge in [-0.2, -0.15) is 0 Å². The van der Waals surface area contributed by atoms with Gasteiger partial charge in [0.05, 0.1) is 23.4 Å². The lowest BCUT2D eigenvalue weighted by Crippen LogP contribution is -2.06. The van der Waals surface area contributed by atoms with E-state index in [-0.39, 0.29) is 6.04 Å². The van der Waals surface area contributed by atoms with Crippen LogP contribution in [0.5, 0.6) is 0 Å². The van der Waals surface area contributed by atoms with E-state index in [9.17, 15) is 0 Å². The van der Waals surface area contributed by atoms with Crippen molar-refractivity contribution in [3.05, 3.63) is 52.9 Å². The van der Waals surface area contributed by atoms with Gasteiger partial charge in [-0.15, -0.1) is 11.3 Å². The van der Waals surface area contributed by atoms with E-state index in [1.54, 1.807) is 17.5 Å². The van der Waals surface area contributed by atoms with E-state index in [1.165, 1.54) is 11.3 Å². The molecule has 0 aliphatic rings. The molecule has 2 heterocycles. The van der Waals surface area contributed by atoms with Gasteiger partial charge in [0, 0.05) is 16.1 Å². The Morgan fingerprint density at radius 1 is 1.25 bits per heavy atom. The monoisotopic (exact) mass is 285 g/mol. The lowest BCUT2D eigenvalue weighted by atomic mass is 10.1. The first-order chi connectivity index (χ1) is 9.74. The van der Waals surface area contributed by atoms with Crippen molar-refractivity contribution in [2.75, 3.05) is 5.32 Å². The summed E-state index contributed by atoms with van der Waals surface area (Å²) < 4.78 is 5.28. The van der Waals surface area contributed by atoms with Gasteiger partial charge in [0.25, 0.3) is 0 Å². The van der Waals surface area contributed by atoms with Crippen LogP contribution in [-0.2, 0) is 0 Å². The Kier molecular flexibility index (Phi) is 3.52. The summed E-state index contributed by atoms with van der Waals surface area (Å²) in [5.41, 5.74) is 5.08. The summed E-state index contributed by atoms with van der Waals surface area (Å²) in [5.74, 6) is 0.780. The van der Waals surface area contributed by atoms with Crippen LogP contribution in [0.2, 0.25) is 0 Å². The summed E-state index contributed by atoms with van der Waals surface area (Å²) in [4.78, 5) is 9.48. The van der Waals surface area contributed by atoms with E-state index in [4.69, 9.17) is 4.42 Å². The number of aryl methyl sites for hydroxylation is 1. The summed E-state index contributed by atoms with van der Waals surface area (Å²) in [6.07, 6.45) is 3.15. The van der Waals surface area contributed by atoms with Crippen LogP contribution in [0.4, 0.5) is 5.69 Å². The lowest BCUT2D eigenvalue weighted by molar-refractivity contribution is 0.572. The van der Waals surface area contributed by atoms with Gasteiger partial charge >= 0.3 is 0 Å². The van der Waals surface area contributed by atoms with Crippen molar-refractivity contribution in [2.24, 2.45) is 0 Å². The van der Waals surface area contributed by atoms with Crippen LogP contribution in [0.1, 0.15) is 23.5 Å². The van der Waals surface area contributed by atoms with Gasteiger partial charge in [0.1, 0.15) is 0 Å². The topological polar surface area (TPSA) is 51.0 Å². The second kappa shape index (κ2) is 5.46. The first-order valence-corrected chi connectivity index (χ1v) is 7.27. The van der Waals surface area contributed by atoms with Crippen molar-refractivity contribution in [1.29, 1.82) is 0 Å². The first-order valence-electron chi connectivity index (χ1n) is 6.39. The molecule has 0 saturated heterocycles. The quantitative estimate of drug-likeness (QED) is 0.777. The van der Waals surface area contributed by atoms with Gasteiger partial charge in [-0.25, -0.2) is 9.97 Å². The van der Waals surface area contributed by atoms with Crippen molar-refractivity contribution in [3.8, 4) is 11.3 Å². The molecule has 5 heteroatoms. The van der Waals surface area contributed by atoms with Crippen LogP contribution in [0.15, 0.2) is 46.8 Å². The molecule has 4 nitrogen and oxygen atoms in total. The summed E-state index contributed by atoms with van der Waals surface area (Å²) >= 11 is 1.68. The summed E-state index contributed by atoms with van der Waals surface area (Å²) in [6, 6.07) is 8.39. The molecule has 0 spiro atoms. The third-order valence-corrected chi connectivity index (χ3v) is 4.27. The SMILES string of the molecule is Cc1ncsc1C(C)Nc1ccc(-c2cnco2)cc1. The second-order valence-corrected chi connectivity index (χ2v) is 5.50. The standard InChI is InChI=1S/C15H15N3OS/c1-10-15(20-9-17-10)11(2)18-13-5-3-12(4-6-13)14-7-16-8-19-14/h3-9,11,18H,1-2H3. The van der Waals surface area contributed by atoms with Crippen LogP contribution in [0.3, 0.4) is 0 Å². The van der Waals surface area contributed by atoms with E-state index >= 15 is 0 Å². The molecule has 1 aromatic carbocycles. The molecule has 0 saturated carbocycles. The predicted molar refractivity (Wildman–Crippen MR) is 80.8 cm³/mol. The van der Waals surface area contributed by atoms with Crippen LogP contribution in [-0.4, -0.2) is 9.97 Å². The van der Waals surface area contributed by atoms with Gasteiger partial charge in [-0.3, -0.25) is 0 Å². The van der Waals surface area contributed by atoms with E-state index in [1.807, 2.05) is 36.7 Å². The fourth-order valence-corrected chi connectivity index (χ4v) is 2.94. The zero-order valence-electron chi connectivity index (χ0n) is 11.3. The number of hydrogen-bond donors (Lipinski definition) is 1. The highest BCUT2D eigenvalue weighted by molar-refractivity contribution is 7.09. The Bertz CT molecular complexity index is 673. The number of thiazole rings is 1. The highest BCUT2D eigenvalue weighted by Gasteiger charge is 2.11. The molecule has 1 unspecified atom stereocenters. The van der Waals surface area contributed by atoms with E-state index in [2.05, 4.69) is 22.2 Å². The van der Waals surface area contributed by atoms with Crippen molar-refractivity contribution in [1.82, 2.24) is 9.97 Å². The molecule has 0 bridgehead atoms. The number of benzene rings is 1. The number of anilines is 1. The van der Waals surface area contributed by atoms with Gasteiger partial charge < -0.3 is 9.73 Å². The second-order valence-electron chi connectivity index (χ2n) is 4.61. The minimum Gasteiger partial charge on any atom is -0.444 e. The molecular formula is C15H15N3OS. The molecular weight excluding hydrogens is 270 g/mol. The van der Waals surface area contributed by atoms with Crippen molar-refractivity contribution >= 4 is 17.0 Å². The molecule has 0 aliphatic carbocycles. The van der Waals surface area contributed by atoms with Crippen LogP contribution < -0.4 is 5.32 Å². The fourth-order valence-electron chi connectivity index (χ4n) is 2.13. The average Bonchev–Trinajstić information content (AvgIpc) is 3.10. The molecule has 1 atom stereocenters. The van der Waals surface area contributed by atoms with Crippen molar-refractivity contribution in [2.45, 2.75) is 19.9 Å². The highest BCUT2D eigenvalue weighted by Crippen LogP contribution is 2.26. The zero-order chi connectivity index (χ0) is 13.9. The maximum atomic E-state index is 5.28. The Balaban J connectivity index is 1.74. The summed E-state index contributed by atoms with van der Waals surface area (Å²) in [5, 5.41) is 3.48. The number of aromatic nitrogens is 2. The van der Waals surface area contributed by atoms with Crippen LogP contribution in [0, 0.1) is 6.92 Å². The molecule has 2 aromatic heterocycles. The molecule has 3 rings (SSSR count). The molecule has 0 amide bonds. The molecule has 1 N–H and O–H groups in total. The third-order valence-electron chi connectivity index (χ3n) is 3.16. The lowest BCUT2D eigenvalue weighted by Gasteiger charge is -2.14. The molecule has 20 heavy (non-hydrogen) atoms. The normalized spacial score (nSPS) is 12.3. The first kappa shape index (κ1) is 12.9. The van der Waals surface area contributed by atoms with Crippen molar-refractivity contribution < 1.29 is 4.42 Å². The number of rotatable bonds is 4. The maximum Gasteiger partial charge on any atom is 0.181 e. The minimum atomic E-state index is 0.249. The summed E-state index contributed by atoms with van der Waals surface area (Å²) in [7, 11) is 0. The largest absolute Gasteiger partial charge is 0.444 e. The minimum absolute atomic E-state index is 0.249. The average molecular weight is 285 g/mol. The van der Waals surface area contributed by atoms with Crippen molar-refractivity contribution in [3.63, 3.8) is 0 Å². The van der Waals surface area contributed by atoms with E-state index in [0.29, 0.717) is 0 Å². The number of hydrogen-bond acceptors (Lipinski definition) is 5. The zero-order valence-corrected chi connectivity index (χ0v) is 12.1. The summed E-state index contributed by atoms with van der Waals surface area (Å²) in [6.45, 7) is 4.18. The molecule has 3 aromatic rings. The van der Waals surface area contributed by atoms with Gasteiger partial charge in [-0.1, -0.05) is 0 Å². The Hall–Kier alpha value is -2.14. The molecule has 0 radical (unpaired) electrons. The Morgan fingerprint density at radius 3 is 2.65 bits per heavy atom. The highest BCUT2D eigenvalue weighted by atomic mass is 32.1.